The van der Waals surface area contributed by atoms with Gasteiger partial charge in [-0.2, -0.15) is 5.10 Å². The number of amides is 1. The number of aromatic nitrogens is 2. The average molecular weight is 362 g/mol. The van der Waals surface area contributed by atoms with E-state index in [1.807, 2.05) is 37.3 Å². The van der Waals surface area contributed by atoms with E-state index in [4.69, 9.17) is 0 Å². The Kier molecular flexibility index (Phi) is 4.62. The molecule has 22 heavy (non-hydrogen) atoms. The molecule has 2 aromatic rings. The zero-order valence-electron chi connectivity index (χ0n) is 12.7. The fourth-order valence-corrected chi connectivity index (χ4v) is 3.37. The third-order valence-electron chi connectivity index (χ3n) is 4.11. The van der Waals surface area contributed by atoms with Gasteiger partial charge in [-0.1, -0.05) is 41.3 Å². The zero-order chi connectivity index (χ0) is 15.5. The summed E-state index contributed by atoms with van der Waals surface area (Å²) in [5.74, 6) is 1.00. The van der Waals surface area contributed by atoms with Gasteiger partial charge in [-0.3, -0.25) is 4.79 Å². The van der Waals surface area contributed by atoms with Crippen LogP contribution in [0.4, 0.5) is 5.82 Å². The summed E-state index contributed by atoms with van der Waals surface area (Å²) in [6, 6.07) is 9.82. The average Bonchev–Trinajstić information content (AvgIpc) is 2.89. The number of rotatable bonds is 3. The number of anilines is 1. The van der Waals surface area contributed by atoms with Crippen molar-refractivity contribution in [2.75, 3.05) is 5.32 Å². The van der Waals surface area contributed by atoms with Gasteiger partial charge < -0.3 is 5.32 Å². The van der Waals surface area contributed by atoms with E-state index in [9.17, 15) is 4.79 Å². The van der Waals surface area contributed by atoms with E-state index in [0.717, 1.165) is 47.4 Å². The fourth-order valence-electron chi connectivity index (χ4n) is 2.99. The minimum Gasteiger partial charge on any atom is -0.310 e. The second kappa shape index (κ2) is 6.65. The van der Waals surface area contributed by atoms with Gasteiger partial charge in [0.05, 0.1) is 11.4 Å². The van der Waals surface area contributed by atoms with Gasteiger partial charge in [0, 0.05) is 16.5 Å². The molecule has 1 aliphatic rings. The zero-order valence-corrected chi connectivity index (χ0v) is 14.3. The Hall–Kier alpha value is -1.62. The van der Waals surface area contributed by atoms with Crippen LogP contribution in [0.2, 0.25) is 0 Å². The Bertz CT molecular complexity index is 674. The molecule has 0 aliphatic heterocycles. The van der Waals surface area contributed by atoms with E-state index >= 15 is 0 Å². The molecule has 4 nitrogen and oxygen atoms in total. The van der Waals surface area contributed by atoms with Gasteiger partial charge in [0.1, 0.15) is 5.82 Å². The molecular weight excluding hydrogens is 342 g/mol. The number of hydrogen-bond donors (Lipinski definition) is 1. The molecule has 3 rings (SSSR count). The SMILES string of the molecule is Cc1cc(NC(=O)C2CCCCC2)n(-c2cccc(Br)c2)n1. The minimum atomic E-state index is 0.121. The van der Waals surface area contributed by atoms with Gasteiger partial charge in [-0.15, -0.1) is 0 Å². The van der Waals surface area contributed by atoms with Crippen LogP contribution in [0.25, 0.3) is 5.69 Å². The second-order valence-corrected chi connectivity index (χ2v) is 6.80. The topological polar surface area (TPSA) is 46.9 Å². The smallest absolute Gasteiger partial charge is 0.228 e. The van der Waals surface area contributed by atoms with Crippen molar-refractivity contribution in [2.24, 2.45) is 5.92 Å². The highest BCUT2D eigenvalue weighted by molar-refractivity contribution is 9.10. The van der Waals surface area contributed by atoms with Crippen LogP contribution in [0.3, 0.4) is 0 Å². The molecule has 0 bridgehead atoms. The Morgan fingerprint density at radius 1 is 1.27 bits per heavy atom. The lowest BCUT2D eigenvalue weighted by molar-refractivity contribution is -0.120. The predicted molar refractivity (Wildman–Crippen MR) is 91.2 cm³/mol. The number of carbonyl (C=O) groups excluding carboxylic acids is 1. The minimum absolute atomic E-state index is 0.121. The third kappa shape index (κ3) is 3.40. The van der Waals surface area contributed by atoms with Crippen LogP contribution >= 0.6 is 15.9 Å². The van der Waals surface area contributed by atoms with Crippen LogP contribution in [-0.4, -0.2) is 15.7 Å². The molecule has 116 valence electrons. The molecule has 1 aliphatic carbocycles. The van der Waals surface area contributed by atoms with Crippen LogP contribution in [0.15, 0.2) is 34.8 Å². The number of aryl methyl sites for hydroxylation is 1. The summed E-state index contributed by atoms with van der Waals surface area (Å²) < 4.78 is 2.78. The summed E-state index contributed by atoms with van der Waals surface area (Å²) in [5, 5.41) is 7.57. The quantitative estimate of drug-likeness (QED) is 0.876. The van der Waals surface area contributed by atoms with Gasteiger partial charge in [-0.25, -0.2) is 4.68 Å². The highest BCUT2D eigenvalue weighted by atomic mass is 79.9. The van der Waals surface area contributed by atoms with Crippen molar-refractivity contribution < 1.29 is 4.79 Å². The number of nitrogens with one attached hydrogen (secondary N) is 1. The van der Waals surface area contributed by atoms with E-state index in [0.29, 0.717) is 0 Å². The molecule has 0 unspecified atom stereocenters. The Balaban J connectivity index is 1.83. The maximum absolute atomic E-state index is 12.5. The molecule has 0 spiro atoms. The number of hydrogen-bond acceptors (Lipinski definition) is 2. The normalized spacial score (nSPS) is 15.7. The first-order chi connectivity index (χ1) is 10.6. The maximum Gasteiger partial charge on any atom is 0.228 e. The number of carbonyl (C=O) groups is 1. The second-order valence-electron chi connectivity index (χ2n) is 5.89. The van der Waals surface area contributed by atoms with Crippen molar-refractivity contribution in [3.05, 3.63) is 40.5 Å². The molecule has 1 N–H and O–H groups in total. The van der Waals surface area contributed by atoms with Gasteiger partial charge >= 0.3 is 0 Å². The first kappa shape index (κ1) is 15.3. The molecule has 0 atom stereocenters. The van der Waals surface area contributed by atoms with E-state index in [2.05, 4.69) is 26.3 Å². The number of benzene rings is 1. The molecular formula is C17H20BrN3O. The summed E-state index contributed by atoms with van der Waals surface area (Å²) in [6.07, 6.45) is 5.55. The van der Waals surface area contributed by atoms with Gasteiger partial charge in [0.2, 0.25) is 5.91 Å². The van der Waals surface area contributed by atoms with Crippen LogP contribution < -0.4 is 5.32 Å². The predicted octanol–water partition coefficient (Wildman–Crippen LogP) is 4.46. The van der Waals surface area contributed by atoms with Crippen LogP contribution in [0, 0.1) is 12.8 Å². The summed E-state index contributed by atoms with van der Waals surface area (Å²) in [7, 11) is 0. The summed E-state index contributed by atoms with van der Waals surface area (Å²) in [5.41, 5.74) is 1.82. The van der Waals surface area contributed by atoms with Crippen molar-refractivity contribution >= 4 is 27.7 Å². The number of halogens is 1. The van der Waals surface area contributed by atoms with Crippen LogP contribution in [0.1, 0.15) is 37.8 Å². The Labute approximate surface area is 139 Å². The first-order valence-electron chi connectivity index (χ1n) is 7.77. The van der Waals surface area contributed by atoms with Gasteiger partial charge in [-0.05, 0) is 38.0 Å². The molecule has 1 aromatic carbocycles. The van der Waals surface area contributed by atoms with Crippen molar-refractivity contribution in [2.45, 2.75) is 39.0 Å². The molecule has 1 fully saturated rings. The monoisotopic (exact) mass is 361 g/mol. The van der Waals surface area contributed by atoms with Crippen LogP contribution in [0.5, 0.6) is 0 Å². The number of nitrogens with zero attached hydrogens (tertiary/aromatic N) is 2. The summed E-state index contributed by atoms with van der Waals surface area (Å²) >= 11 is 3.48. The lowest BCUT2D eigenvalue weighted by Gasteiger charge is -2.20. The molecule has 1 amide bonds. The van der Waals surface area contributed by atoms with Crippen molar-refractivity contribution in [1.82, 2.24) is 9.78 Å². The highest BCUT2D eigenvalue weighted by Crippen LogP contribution is 2.26. The molecule has 5 heteroatoms. The lowest BCUT2D eigenvalue weighted by atomic mass is 9.89. The first-order valence-corrected chi connectivity index (χ1v) is 8.56. The molecule has 1 aromatic heterocycles. The van der Waals surface area contributed by atoms with Crippen LogP contribution in [-0.2, 0) is 4.79 Å². The standard InChI is InChI=1S/C17H20BrN3O/c1-12-10-16(19-17(22)13-6-3-2-4-7-13)21(20-12)15-9-5-8-14(18)11-15/h5,8-11,13H,2-4,6-7H2,1H3,(H,19,22). The van der Waals surface area contributed by atoms with Gasteiger partial charge in [0.25, 0.3) is 0 Å². The van der Waals surface area contributed by atoms with Crippen molar-refractivity contribution in [3.8, 4) is 5.69 Å². The van der Waals surface area contributed by atoms with Crippen molar-refractivity contribution in [1.29, 1.82) is 0 Å². The van der Waals surface area contributed by atoms with Crippen molar-refractivity contribution in [3.63, 3.8) is 0 Å². The van der Waals surface area contributed by atoms with E-state index in [1.54, 1.807) is 4.68 Å². The fraction of sp³-hybridized carbons (Fsp3) is 0.412. The van der Waals surface area contributed by atoms with Gasteiger partial charge in [0.15, 0.2) is 0 Å². The largest absolute Gasteiger partial charge is 0.310 e. The van der Waals surface area contributed by atoms with E-state index < -0.39 is 0 Å². The maximum atomic E-state index is 12.5. The molecule has 1 heterocycles. The molecule has 1 saturated carbocycles. The summed E-state index contributed by atoms with van der Waals surface area (Å²) in [6.45, 7) is 1.94. The summed E-state index contributed by atoms with van der Waals surface area (Å²) in [4.78, 5) is 12.5. The molecule has 0 radical (unpaired) electrons. The molecule has 0 saturated heterocycles. The third-order valence-corrected chi connectivity index (χ3v) is 4.60. The Morgan fingerprint density at radius 3 is 2.77 bits per heavy atom. The van der Waals surface area contributed by atoms with E-state index in [1.165, 1.54) is 6.42 Å². The Morgan fingerprint density at radius 2 is 2.05 bits per heavy atom. The van der Waals surface area contributed by atoms with E-state index in [-0.39, 0.29) is 11.8 Å². The highest BCUT2D eigenvalue weighted by Gasteiger charge is 2.22. The lowest BCUT2D eigenvalue weighted by Crippen LogP contribution is -2.25.